The van der Waals surface area contributed by atoms with Gasteiger partial charge in [0.25, 0.3) is 0 Å². The third kappa shape index (κ3) is 3.92. The summed E-state index contributed by atoms with van der Waals surface area (Å²) in [5.41, 5.74) is 0. The third-order valence-corrected chi connectivity index (χ3v) is 4.43. The lowest BCUT2D eigenvalue weighted by atomic mass is 10.1. The van der Waals surface area contributed by atoms with Gasteiger partial charge >= 0.3 is 5.97 Å². The van der Waals surface area contributed by atoms with Crippen LogP contribution in [0.2, 0.25) is 0 Å². The first-order chi connectivity index (χ1) is 8.24. The highest BCUT2D eigenvalue weighted by Crippen LogP contribution is 2.15. The summed E-state index contributed by atoms with van der Waals surface area (Å²) in [5, 5.41) is 8.98. The number of halogens is 1. The van der Waals surface area contributed by atoms with Gasteiger partial charge in [0, 0.05) is 3.57 Å². The van der Waals surface area contributed by atoms with Crippen molar-refractivity contribution in [1.29, 1.82) is 0 Å². The molecule has 0 bridgehead atoms. The molecule has 1 rings (SSSR count). The topological polar surface area (TPSA) is 83.5 Å². The zero-order valence-electron chi connectivity index (χ0n) is 9.92. The molecule has 1 atom stereocenters. The first kappa shape index (κ1) is 15.4. The number of carboxylic acid groups (broad SMARTS) is 1. The Morgan fingerprint density at radius 1 is 1.39 bits per heavy atom. The SMILES string of the molecule is CC(C)C(NS(=O)(=O)c1cccc(I)c1)C(=O)O. The van der Waals surface area contributed by atoms with Crippen LogP contribution in [0, 0.1) is 9.49 Å². The van der Waals surface area contributed by atoms with E-state index in [4.69, 9.17) is 5.11 Å². The van der Waals surface area contributed by atoms with E-state index in [-0.39, 0.29) is 10.8 Å². The largest absolute Gasteiger partial charge is 0.480 e. The highest BCUT2D eigenvalue weighted by Gasteiger charge is 2.27. The van der Waals surface area contributed by atoms with Crippen LogP contribution < -0.4 is 4.72 Å². The molecule has 0 aromatic heterocycles. The molecule has 7 heteroatoms. The zero-order valence-corrected chi connectivity index (χ0v) is 12.9. The van der Waals surface area contributed by atoms with Crippen LogP contribution in [0.15, 0.2) is 29.2 Å². The van der Waals surface area contributed by atoms with Crippen LogP contribution in [0.4, 0.5) is 0 Å². The maximum absolute atomic E-state index is 12.0. The van der Waals surface area contributed by atoms with E-state index in [0.29, 0.717) is 0 Å². The lowest BCUT2D eigenvalue weighted by molar-refractivity contribution is -0.140. The molecule has 0 radical (unpaired) electrons. The molecule has 1 unspecified atom stereocenters. The molecule has 100 valence electrons. The molecule has 0 saturated carbocycles. The number of carboxylic acids is 1. The summed E-state index contributed by atoms with van der Waals surface area (Å²) in [6.07, 6.45) is 0. The van der Waals surface area contributed by atoms with E-state index in [2.05, 4.69) is 4.72 Å². The fraction of sp³-hybridized carbons (Fsp3) is 0.364. The van der Waals surface area contributed by atoms with Crippen molar-refractivity contribution < 1.29 is 18.3 Å². The van der Waals surface area contributed by atoms with Crippen molar-refractivity contribution in [3.05, 3.63) is 27.8 Å². The molecule has 0 aliphatic carbocycles. The minimum atomic E-state index is -3.81. The van der Waals surface area contributed by atoms with Gasteiger partial charge in [-0.2, -0.15) is 4.72 Å². The second kappa shape index (κ2) is 5.98. The van der Waals surface area contributed by atoms with Crippen LogP contribution in [0.25, 0.3) is 0 Å². The number of rotatable bonds is 5. The molecule has 0 saturated heterocycles. The number of carbonyl (C=O) groups is 1. The van der Waals surface area contributed by atoms with Gasteiger partial charge in [0.05, 0.1) is 4.90 Å². The predicted octanol–water partition coefficient (Wildman–Crippen LogP) is 1.68. The van der Waals surface area contributed by atoms with Crippen molar-refractivity contribution in [2.45, 2.75) is 24.8 Å². The molecular weight excluding hydrogens is 369 g/mol. The molecule has 0 amide bonds. The number of hydrogen-bond acceptors (Lipinski definition) is 3. The number of aliphatic carboxylic acids is 1. The zero-order chi connectivity index (χ0) is 13.9. The molecule has 1 aromatic carbocycles. The highest BCUT2D eigenvalue weighted by molar-refractivity contribution is 14.1. The van der Waals surface area contributed by atoms with Crippen LogP contribution in [-0.4, -0.2) is 25.5 Å². The maximum atomic E-state index is 12.0. The lowest BCUT2D eigenvalue weighted by Gasteiger charge is -2.18. The standard InChI is InChI=1S/C11H14INO4S/c1-7(2)10(11(14)15)13-18(16,17)9-5-3-4-8(12)6-9/h3-7,10,13H,1-2H3,(H,14,15). The Morgan fingerprint density at radius 3 is 2.44 bits per heavy atom. The predicted molar refractivity (Wildman–Crippen MR) is 75.7 cm³/mol. The molecular formula is C11H14INO4S. The molecule has 0 spiro atoms. The maximum Gasteiger partial charge on any atom is 0.322 e. The van der Waals surface area contributed by atoms with Crippen LogP contribution in [0.5, 0.6) is 0 Å². The summed E-state index contributed by atoms with van der Waals surface area (Å²) in [7, 11) is -3.81. The van der Waals surface area contributed by atoms with Gasteiger partial charge < -0.3 is 5.11 Å². The minimum Gasteiger partial charge on any atom is -0.480 e. The summed E-state index contributed by atoms with van der Waals surface area (Å²) in [6, 6.07) is 5.16. The fourth-order valence-corrected chi connectivity index (χ4v) is 3.48. The lowest BCUT2D eigenvalue weighted by Crippen LogP contribution is -2.44. The molecule has 0 fully saturated rings. The number of sulfonamides is 1. The Bertz CT molecular complexity index is 542. The smallest absolute Gasteiger partial charge is 0.322 e. The average molecular weight is 383 g/mol. The van der Waals surface area contributed by atoms with E-state index in [1.807, 2.05) is 22.6 Å². The van der Waals surface area contributed by atoms with Crippen molar-refractivity contribution in [1.82, 2.24) is 4.72 Å². The number of benzene rings is 1. The van der Waals surface area contributed by atoms with Gasteiger partial charge in [-0.15, -0.1) is 0 Å². The first-order valence-corrected chi connectivity index (χ1v) is 7.81. The van der Waals surface area contributed by atoms with E-state index in [1.54, 1.807) is 26.0 Å². The quantitative estimate of drug-likeness (QED) is 0.758. The molecule has 0 heterocycles. The number of hydrogen-bond donors (Lipinski definition) is 2. The van der Waals surface area contributed by atoms with Crippen molar-refractivity contribution in [2.24, 2.45) is 5.92 Å². The van der Waals surface area contributed by atoms with Crippen molar-refractivity contribution >= 4 is 38.6 Å². The van der Waals surface area contributed by atoms with Gasteiger partial charge in [0.15, 0.2) is 0 Å². The Hall–Kier alpha value is -0.670. The van der Waals surface area contributed by atoms with Crippen LogP contribution in [0.1, 0.15) is 13.8 Å². The van der Waals surface area contributed by atoms with Gasteiger partial charge in [-0.05, 0) is 46.7 Å². The van der Waals surface area contributed by atoms with Gasteiger partial charge in [-0.1, -0.05) is 19.9 Å². The Morgan fingerprint density at radius 2 is 2.00 bits per heavy atom. The molecule has 1 aromatic rings. The van der Waals surface area contributed by atoms with E-state index in [9.17, 15) is 13.2 Å². The van der Waals surface area contributed by atoms with Gasteiger partial charge in [-0.3, -0.25) is 4.79 Å². The van der Waals surface area contributed by atoms with E-state index in [1.165, 1.54) is 12.1 Å². The van der Waals surface area contributed by atoms with Crippen LogP contribution in [-0.2, 0) is 14.8 Å². The average Bonchev–Trinajstić information content (AvgIpc) is 2.25. The fourth-order valence-electron chi connectivity index (χ4n) is 1.34. The van der Waals surface area contributed by atoms with E-state index in [0.717, 1.165) is 3.57 Å². The third-order valence-electron chi connectivity index (χ3n) is 2.32. The normalized spacial score (nSPS) is 13.6. The Balaban J connectivity index is 3.05. The van der Waals surface area contributed by atoms with Crippen molar-refractivity contribution in [3.63, 3.8) is 0 Å². The molecule has 5 nitrogen and oxygen atoms in total. The Kier molecular flexibility index (Phi) is 5.11. The summed E-state index contributed by atoms with van der Waals surface area (Å²) in [5.74, 6) is -1.51. The number of nitrogens with one attached hydrogen (secondary N) is 1. The first-order valence-electron chi connectivity index (χ1n) is 5.25. The van der Waals surface area contributed by atoms with Crippen LogP contribution in [0.3, 0.4) is 0 Å². The van der Waals surface area contributed by atoms with Gasteiger partial charge in [-0.25, -0.2) is 8.42 Å². The monoisotopic (exact) mass is 383 g/mol. The summed E-state index contributed by atoms with van der Waals surface area (Å²) >= 11 is 2.00. The van der Waals surface area contributed by atoms with E-state index >= 15 is 0 Å². The van der Waals surface area contributed by atoms with Gasteiger partial charge in [0.2, 0.25) is 10.0 Å². The second-order valence-electron chi connectivity index (χ2n) is 4.14. The van der Waals surface area contributed by atoms with Crippen LogP contribution >= 0.6 is 22.6 Å². The minimum absolute atomic E-state index is 0.0706. The molecule has 0 aliphatic rings. The summed E-state index contributed by atoms with van der Waals surface area (Å²) < 4.78 is 27.0. The Labute approximate surface area is 120 Å². The summed E-state index contributed by atoms with van der Waals surface area (Å²) in [6.45, 7) is 3.30. The molecule has 2 N–H and O–H groups in total. The molecule has 18 heavy (non-hydrogen) atoms. The van der Waals surface area contributed by atoms with Crippen molar-refractivity contribution in [2.75, 3.05) is 0 Å². The summed E-state index contributed by atoms with van der Waals surface area (Å²) in [4.78, 5) is 11.1. The van der Waals surface area contributed by atoms with Crippen molar-refractivity contribution in [3.8, 4) is 0 Å². The van der Waals surface area contributed by atoms with Gasteiger partial charge in [0.1, 0.15) is 6.04 Å². The highest BCUT2D eigenvalue weighted by atomic mass is 127. The van der Waals surface area contributed by atoms with E-state index < -0.39 is 22.0 Å². The second-order valence-corrected chi connectivity index (χ2v) is 7.10. The molecule has 0 aliphatic heterocycles.